The molecule has 5 heteroatoms. The van der Waals surface area contributed by atoms with E-state index in [1.165, 1.54) is 6.07 Å². The van der Waals surface area contributed by atoms with E-state index in [9.17, 15) is 9.18 Å². The first-order chi connectivity index (χ1) is 11.1. The van der Waals surface area contributed by atoms with Crippen LogP contribution >= 0.6 is 0 Å². The molecule has 0 saturated heterocycles. The molecule has 1 aliphatic rings. The summed E-state index contributed by atoms with van der Waals surface area (Å²) in [5, 5.41) is 12.4. The van der Waals surface area contributed by atoms with Gasteiger partial charge in [0.25, 0.3) is 0 Å². The molecule has 4 nitrogen and oxygen atoms in total. The van der Waals surface area contributed by atoms with Crippen molar-refractivity contribution in [1.29, 1.82) is 0 Å². The van der Waals surface area contributed by atoms with Crippen LogP contribution in [0.5, 0.6) is 5.75 Å². The smallest absolute Gasteiger partial charge is 0.335 e. The molecular formula is C18H18FNO3. The van der Waals surface area contributed by atoms with Gasteiger partial charge in [-0.2, -0.15) is 0 Å². The Kier molecular flexibility index (Phi) is 4.57. The average molecular weight is 315 g/mol. The molecule has 0 radical (unpaired) electrons. The monoisotopic (exact) mass is 315 g/mol. The maximum atomic E-state index is 13.9. The molecule has 1 atom stereocenters. The minimum atomic E-state index is -0.942. The highest BCUT2D eigenvalue weighted by molar-refractivity contribution is 5.87. The Labute approximate surface area is 133 Å². The second-order valence-electron chi connectivity index (χ2n) is 5.59. The van der Waals surface area contributed by atoms with Crippen LogP contribution in [0, 0.1) is 5.82 Å². The number of rotatable bonds is 4. The normalized spacial score (nSPS) is 17.0. The first kappa shape index (κ1) is 15.5. The minimum absolute atomic E-state index is 0.0170. The molecule has 0 amide bonds. The zero-order valence-corrected chi connectivity index (χ0v) is 12.6. The molecule has 23 heavy (non-hydrogen) atoms. The van der Waals surface area contributed by atoms with E-state index in [2.05, 4.69) is 5.32 Å². The first-order valence-electron chi connectivity index (χ1n) is 7.62. The molecule has 2 aromatic carbocycles. The maximum Gasteiger partial charge on any atom is 0.335 e. The number of hydrogen-bond donors (Lipinski definition) is 2. The Bertz CT molecular complexity index is 717. The molecule has 1 aliphatic heterocycles. The van der Waals surface area contributed by atoms with Gasteiger partial charge in [-0.05, 0) is 36.6 Å². The fourth-order valence-corrected chi connectivity index (χ4v) is 2.84. The average Bonchev–Trinajstić information content (AvgIpc) is 2.76. The predicted octanol–water partition coefficient (Wildman–Crippen LogP) is 3.53. The highest BCUT2D eigenvalue weighted by Crippen LogP contribution is 2.33. The molecule has 1 unspecified atom stereocenters. The van der Waals surface area contributed by atoms with Gasteiger partial charge in [-0.25, -0.2) is 9.18 Å². The van der Waals surface area contributed by atoms with Crippen molar-refractivity contribution in [1.82, 2.24) is 5.32 Å². The number of carboxylic acids is 1. The molecule has 3 rings (SSSR count). The standard InChI is InChI=1S/C18H18FNO3/c19-15-7-2-6-14-16(8-3-9-23-17(14)15)20-11-12-4-1-5-13(10-12)18(21)22/h1-2,4-7,10,16,20H,3,8-9,11H2,(H,21,22). The largest absolute Gasteiger partial charge is 0.490 e. The highest BCUT2D eigenvalue weighted by Gasteiger charge is 2.21. The van der Waals surface area contributed by atoms with Crippen LogP contribution in [0.1, 0.15) is 40.4 Å². The molecular weight excluding hydrogens is 297 g/mol. The summed E-state index contributed by atoms with van der Waals surface area (Å²) >= 11 is 0. The van der Waals surface area contributed by atoms with E-state index in [1.54, 1.807) is 24.3 Å². The summed E-state index contributed by atoms with van der Waals surface area (Å²) in [6, 6.07) is 11.8. The van der Waals surface area contributed by atoms with Gasteiger partial charge in [-0.15, -0.1) is 0 Å². The number of fused-ring (bicyclic) bond motifs is 1. The molecule has 0 saturated carbocycles. The third-order valence-electron chi connectivity index (χ3n) is 3.98. The van der Waals surface area contributed by atoms with Crippen molar-refractivity contribution in [2.45, 2.75) is 25.4 Å². The van der Waals surface area contributed by atoms with Crippen LogP contribution in [0.15, 0.2) is 42.5 Å². The second kappa shape index (κ2) is 6.79. The lowest BCUT2D eigenvalue weighted by atomic mass is 10.0. The van der Waals surface area contributed by atoms with E-state index in [-0.39, 0.29) is 17.4 Å². The van der Waals surface area contributed by atoms with Crippen molar-refractivity contribution in [2.24, 2.45) is 0 Å². The van der Waals surface area contributed by atoms with E-state index >= 15 is 0 Å². The molecule has 2 aromatic rings. The van der Waals surface area contributed by atoms with Crippen LogP contribution in [0.2, 0.25) is 0 Å². The zero-order chi connectivity index (χ0) is 16.2. The molecule has 0 aromatic heterocycles. The number of benzene rings is 2. The van der Waals surface area contributed by atoms with Crippen LogP contribution in [-0.4, -0.2) is 17.7 Å². The van der Waals surface area contributed by atoms with Gasteiger partial charge < -0.3 is 15.2 Å². The fraction of sp³-hybridized carbons (Fsp3) is 0.278. The molecule has 0 aliphatic carbocycles. The number of carbonyl (C=O) groups is 1. The summed E-state index contributed by atoms with van der Waals surface area (Å²) in [7, 11) is 0. The number of nitrogens with one attached hydrogen (secondary N) is 1. The Morgan fingerprint density at radius 3 is 2.96 bits per heavy atom. The topological polar surface area (TPSA) is 58.6 Å². The van der Waals surface area contributed by atoms with Gasteiger partial charge in [0.05, 0.1) is 12.2 Å². The van der Waals surface area contributed by atoms with Crippen LogP contribution < -0.4 is 10.1 Å². The predicted molar refractivity (Wildman–Crippen MR) is 84.1 cm³/mol. The van der Waals surface area contributed by atoms with Gasteiger partial charge in [0.15, 0.2) is 11.6 Å². The lowest BCUT2D eigenvalue weighted by Crippen LogP contribution is -2.21. The SMILES string of the molecule is O=C(O)c1cccc(CNC2CCCOc3c(F)cccc32)c1. The summed E-state index contributed by atoms with van der Waals surface area (Å²) in [4.78, 5) is 11.0. The molecule has 0 fully saturated rings. The lowest BCUT2D eigenvalue weighted by Gasteiger charge is -2.19. The van der Waals surface area contributed by atoms with Crippen molar-refractivity contribution >= 4 is 5.97 Å². The van der Waals surface area contributed by atoms with Crippen LogP contribution in [0.3, 0.4) is 0 Å². The van der Waals surface area contributed by atoms with Crippen LogP contribution in [-0.2, 0) is 6.54 Å². The Balaban J connectivity index is 1.77. The van der Waals surface area contributed by atoms with Crippen LogP contribution in [0.25, 0.3) is 0 Å². The number of ether oxygens (including phenoxy) is 1. The zero-order valence-electron chi connectivity index (χ0n) is 12.6. The Morgan fingerprint density at radius 1 is 1.30 bits per heavy atom. The van der Waals surface area contributed by atoms with Crippen LogP contribution in [0.4, 0.5) is 4.39 Å². The maximum absolute atomic E-state index is 13.9. The number of aromatic carboxylic acids is 1. The number of carboxylic acid groups (broad SMARTS) is 1. The fourth-order valence-electron chi connectivity index (χ4n) is 2.84. The lowest BCUT2D eigenvalue weighted by molar-refractivity contribution is 0.0696. The highest BCUT2D eigenvalue weighted by atomic mass is 19.1. The summed E-state index contributed by atoms with van der Waals surface area (Å²) in [5.74, 6) is -0.965. The van der Waals surface area contributed by atoms with Gasteiger partial charge in [-0.3, -0.25) is 0 Å². The number of halogens is 1. The van der Waals surface area contributed by atoms with E-state index < -0.39 is 5.97 Å². The molecule has 2 N–H and O–H groups in total. The summed E-state index contributed by atoms with van der Waals surface area (Å²) in [6.45, 7) is 1.02. The molecule has 120 valence electrons. The number of hydrogen-bond acceptors (Lipinski definition) is 3. The van der Waals surface area contributed by atoms with Gasteiger partial charge in [0.2, 0.25) is 0 Å². The quantitative estimate of drug-likeness (QED) is 0.906. The minimum Gasteiger partial charge on any atom is -0.490 e. The first-order valence-corrected chi connectivity index (χ1v) is 7.62. The molecule has 0 spiro atoms. The van der Waals surface area contributed by atoms with Gasteiger partial charge >= 0.3 is 5.97 Å². The van der Waals surface area contributed by atoms with Gasteiger partial charge in [0.1, 0.15) is 0 Å². The van der Waals surface area contributed by atoms with Crippen molar-refractivity contribution in [3.05, 3.63) is 65.0 Å². The van der Waals surface area contributed by atoms with Gasteiger partial charge in [-0.1, -0.05) is 24.3 Å². The third-order valence-corrected chi connectivity index (χ3v) is 3.98. The Hall–Kier alpha value is -2.40. The van der Waals surface area contributed by atoms with Gasteiger partial charge in [0, 0.05) is 18.2 Å². The van der Waals surface area contributed by atoms with Crippen molar-refractivity contribution < 1.29 is 19.0 Å². The summed E-state index contributed by atoms with van der Waals surface area (Å²) in [5.41, 5.74) is 1.96. The summed E-state index contributed by atoms with van der Waals surface area (Å²) in [6.07, 6.45) is 1.68. The van der Waals surface area contributed by atoms with E-state index in [0.29, 0.717) is 18.9 Å². The van der Waals surface area contributed by atoms with E-state index in [4.69, 9.17) is 9.84 Å². The number of para-hydroxylation sites is 1. The van der Waals surface area contributed by atoms with E-state index in [1.807, 2.05) is 12.1 Å². The van der Waals surface area contributed by atoms with Crippen molar-refractivity contribution in [3.8, 4) is 5.75 Å². The summed E-state index contributed by atoms with van der Waals surface area (Å²) < 4.78 is 19.4. The second-order valence-corrected chi connectivity index (χ2v) is 5.59. The van der Waals surface area contributed by atoms with Crippen molar-refractivity contribution in [2.75, 3.05) is 6.61 Å². The van der Waals surface area contributed by atoms with Crippen molar-refractivity contribution in [3.63, 3.8) is 0 Å². The van der Waals surface area contributed by atoms with E-state index in [0.717, 1.165) is 24.0 Å². The Morgan fingerprint density at radius 2 is 2.13 bits per heavy atom. The molecule has 1 heterocycles. The third kappa shape index (κ3) is 3.51. The molecule has 0 bridgehead atoms.